The second kappa shape index (κ2) is 8.65. The Balaban J connectivity index is 1.64. The molecule has 25 heavy (non-hydrogen) atoms. The van der Waals surface area contributed by atoms with Crippen LogP contribution in [-0.4, -0.2) is 29.6 Å². The number of benzene rings is 2. The largest absolute Gasteiger partial charge is 0.361 e. The highest BCUT2D eigenvalue weighted by Crippen LogP contribution is 2.25. The molecule has 1 saturated heterocycles. The normalized spacial score (nSPS) is 15.8. The van der Waals surface area contributed by atoms with E-state index in [0.717, 1.165) is 35.9 Å². The van der Waals surface area contributed by atoms with Crippen LogP contribution in [0.3, 0.4) is 0 Å². The van der Waals surface area contributed by atoms with Crippen molar-refractivity contribution in [3.8, 4) is 0 Å². The van der Waals surface area contributed by atoms with Crippen LogP contribution in [0.2, 0.25) is 5.02 Å². The minimum Gasteiger partial charge on any atom is -0.361 e. The van der Waals surface area contributed by atoms with E-state index >= 15 is 0 Å². The van der Waals surface area contributed by atoms with Gasteiger partial charge >= 0.3 is 0 Å². The first kappa shape index (κ1) is 18.2. The van der Waals surface area contributed by atoms with Crippen molar-refractivity contribution in [1.29, 1.82) is 0 Å². The average molecular weight is 374 g/mol. The van der Waals surface area contributed by atoms with Gasteiger partial charge in [-0.1, -0.05) is 48.0 Å². The molecule has 2 aromatic rings. The maximum absolute atomic E-state index is 6.18. The van der Waals surface area contributed by atoms with Crippen molar-refractivity contribution in [2.75, 3.05) is 25.0 Å². The third-order valence-electron chi connectivity index (χ3n) is 4.74. The summed E-state index contributed by atoms with van der Waals surface area (Å²) >= 11 is 11.7. The summed E-state index contributed by atoms with van der Waals surface area (Å²) in [6, 6.07) is 16.8. The van der Waals surface area contributed by atoms with Crippen LogP contribution in [0.15, 0.2) is 48.5 Å². The zero-order chi connectivity index (χ0) is 17.6. The highest BCUT2D eigenvalue weighted by Gasteiger charge is 2.23. The topological polar surface area (TPSA) is 27.3 Å². The molecular formula is C20H24ClN3S. The number of halogens is 1. The maximum atomic E-state index is 6.18. The van der Waals surface area contributed by atoms with Gasteiger partial charge in [0.15, 0.2) is 5.11 Å². The number of nitrogens with one attached hydrogen (secondary N) is 2. The fourth-order valence-corrected chi connectivity index (χ4v) is 3.65. The average Bonchev–Trinajstić information content (AvgIpc) is 3.14. The van der Waals surface area contributed by atoms with Crippen LogP contribution in [0.25, 0.3) is 0 Å². The number of likely N-dealkylation sites (tertiary alicyclic amines) is 1. The van der Waals surface area contributed by atoms with Crippen LogP contribution in [0, 0.1) is 6.92 Å². The Morgan fingerprint density at radius 2 is 1.84 bits per heavy atom. The lowest BCUT2D eigenvalue weighted by molar-refractivity contribution is 0.246. The third-order valence-corrected chi connectivity index (χ3v) is 5.39. The molecule has 2 aromatic carbocycles. The zero-order valence-electron chi connectivity index (χ0n) is 14.5. The van der Waals surface area contributed by atoms with Crippen LogP contribution >= 0.6 is 23.8 Å². The van der Waals surface area contributed by atoms with Gasteiger partial charge in [0.1, 0.15) is 0 Å². The SMILES string of the molecule is Cc1c(Cl)cccc1NC(=S)NC[C@@H](c1ccccc1)N1CCCC1. The summed E-state index contributed by atoms with van der Waals surface area (Å²) in [5, 5.41) is 8.03. The molecule has 132 valence electrons. The predicted molar refractivity (Wildman–Crippen MR) is 110 cm³/mol. The van der Waals surface area contributed by atoms with Crippen LogP contribution in [0.1, 0.15) is 30.0 Å². The molecule has 5 heteroatoms. The van der Waals surface area contributed by atoms with Gasteiger partial charge in [-0.2, -0.15) is 0 Å². The molecular weight excluding hydrogens is 350 g/mol. The van der Waals surface area contributed by atoms with Gasteiger partial charge in [0.25, 0.3) is 0 Å². The molecule has 0 bridgehead atoms. The Bertz CT molecular complexity index is 714. The summed E-state index contributed by atoms with van der Waals surface area (Å²) in [6.07, 6.45) is 2.54. The van der Waals surface area contributed by atoms with Crippen LogP contribution in [-0.2, 0) is 0 Å². The van der Waals surface area contributed by atoms with E-state index in [0.29, 0.717) is 11.2 Å². The first-order chi connectivity index (χ1) is 12.1. The molecule has 0 aliphatic carbocycles. The molecule has 1 heterocycles. The Morgan fingerprint density at radius 1 is 1.12 bits per heavy atom. The molecule has 3 nitrogen and oxygen atoms in total. The number of hydrogen-bond acceptors (Lipinski definition) is 2. The fraction of sp³-hybridized carbons (Fsp3) is 0.350. The third kappa shape index (κ3) is 4.72. The van der Waals surface area contributed by atoms with Crippen LogP contribution in [0.5, 0.6) is 0 Å². The molecule has 0 unspecified atom stereocenters. The Labute approximate surface area is 160 Å². The molecule has 0 radical (unpaired) electrons. The summed E-state index contributed by atoms with van der Waals surface area (Å²) in [6.45, 7) is 5.07. The van der Waals surface area contributed by atoms with Gasteiger partial charge in [0.2, 0.25) is 0 Å². The molecule has 1 fully saturated rings. The number of anilines is 1. The van der Waals surface area contributed by atoms with Crippen molar-refractivity contribution in [3.63, 3.8) is 0 Å². The van der Waals surface area contributed by atoms with Gasteiger partial charge in [-0.05, 0) is 68.3 Å². The molecule has 1 atom stereocenters. The first-order valence-corrected chi connectivity index (χ1v) is 9.53. The first-order valence-electron chi connectivity index (χ1n) is 8.74. The van der Waals surface area contributed by atoms with E-state index in [1.807, 2.05) is 25.1 Å². The standard InChI is InChI=1S/C20H24ClN3S/c1-15-17(21)10-7-11-18(15)23-20(25)22-14-19(24-12-5-6-13-24)16-8-3-2-4-9-16/h2-4,7-11,19H,5-6,12-14H2,1H3,(H2,22,23,25)/t19-/m0/s1. The van der Waals surface area contributed by atoms with E-state index < -0.39 is 0 Å². The minimum absolute atomic E-state index is 0.337. The van der Waals surface area contributed by atoms with Crippen molar-refractivity contribution >= 4 is 34.6 Å². The molecule has 1 aliphatic rings. The second-order valence-corrected chi connectivity index (χ2v) is 7.23. The summed E-state index contributed by atoms with van der Waals surface area (Å²) in [5.74, 6) is 0. The quantitative estimate of drug-likeness (QED) is 0.738. The Kier molecular flexibility index (Phi) is 6.29. The summed E-state index contributed by atoms with van der Waals surface area (Å²) < 4.78 is 0. The molecule has 0 amide bonds. The van der Waals surface area contributed by atoms with Gasteiger partial charge < -0.3 is 10.6 Å². The highest BCUT2D eigenvalue weighted by atomic mass is 35.5. The van der Waals surface area contributed by atoms with Gasteiger partial charge in [-0.3, -0.25) is 4.90 Å². The van der Waals surface area contributed by atoms with E-state index in [1.165, 1.54) is 18.4 Å². The lowest BCUT2D eigenvalue weighted by atomic mass is 10.1. The molecule has 0 spiro atoms. The predicted octanol–water partition coefficient (Wildman–Crippen LogP) is 4.77. The minimum atomic E-state index is 0.337. The second-order valence-electron chi connectivity index (χ2n) is 6.42. The molecule has 2 N–H and O–H groups in total. The van der Waals surface area contributed by atoms with Gasteiger partial charge in [-0.25, -0.2) is 0 Å². The summed E-state index contributed by atoms with van der Waals surface area (Å²) in [4.78, 5) is 2.54. The number of rotatable bonds is 5. The fourth-order valence-electron chi connectivity index (χ4n) is 3.28. The van der Waals surface area contributed by atoms with Crippen molar-refractivity contribution in [3.05, 3.63) is 64.7 Å². The summed E-state index contributed by atoms with van der Waals surface area (Å²) in [7, 11) is 0. The molecule has 1 aliphatic heterocycles. The van der Waals surface area contributed by atoms with Crippen LogP contribution in [0.4, 0.5) is 5.69 Å². The lowest BCUT2D eigenvalue weighted by Gasteiger charge is -2.28. The van der Waals surface area contributed by atoms with Gasteiger partial charge in [-0.15, -0.1) is 0 Å². The van der Waals surface area contributed by atoms with Crippen molar-refractivity contribution in [1.82, 2.24) is 10.2 Å². The number of hydrogen-bond donors (Lipinski definition) is 2. The van der Waals surface area contributed by atoms with Crippen LogP contribution < -0.4 is 10.6 Å². The van der Waals surface area contributed by atoms with Crippen molar-refractivity contribution in [2.45, 2.75) is 25.8 Å². The molecule has 0 aromatic heterocycles. The van der Waals surface area contributed by atoms with Gasteiger partial charge in [0, 0.05) is 17.3 Å². The Morgan fingerprint density at radius 3 is 2.56 bits per heavy atom. The molecule has 0 saturated carbocycles. The smallest absolute Gasteiger partial charge is 0.170 e. The van der Waals surface area contributed by atoms with Crippen molar-refractivity contribution in [2.24, 2.45) is 0 Å². The zero-order valence-corrected chi connectivity index (χ0v) is 16.0. The molecule has 3 rings (SSSR count). The van der Waals surface area contributed by atoms with E-state index in [1.54, 1.807) is 0 Å². The van der Waals surface area contributed by atoms with E-state index in [9.17, 15) is 0 Å². The summed E-state index contributed by atoms with van der Waals surface area (Å²) in [5.41, 5.74) is 3.29. The monoisotopic (exact) mass is 373 g/mol. The Hall–Kier alpha value is -1.62. The van der Waals surface area contributed by atoms with E-state index in [-0.39, 0.29) is 0 Å². The highest BCUT2D eigenvalue weighted by molar-refractivity contribution is 7.80. The van der Waals surface area contributed by atoms with E-state index in [4.69, 9.17) is 23.8 Å². The lowest BCUT2D eigenvalue weighted by Crippen LogP contribution is -2.38. The number of thiocarbonyl (C=S) groups is 1. The van der Waals surface area contributed by atoms with E-state index in [2.05, 4.69) is 45.9 Å². The van der Waals surface area contributed by atoms with Gasteiger partial charge in [0.05, 0.1) is 6.04 Å². The van der Waals surface area contributed by atoms with Crippen molar-refractivity contribution < 1.29 is 0 Å². The maximum Gasteiger partial charge on any atom is 0.170 e. The number of nitrogens with zero attached hydrogens (tertiary/aromatic N) is 1.